The molecule has 2 unspecified atom stereocenters. The molecule has 1 aromatic carbocycles. The molecule has 0 saturated carbocycles. The molecule has 2 atom stereocenters. The zero-order valence-corrected chi connectivity index (χ0v) is 10.9. The molecule has 1 saturated heterocycles. The van der Waals surface area contributed by atoms with Gasteiger partial charge in [-0.3, -0.25) is 4.79 Å². The first-order chi connectivity index (χ1) is 8.56. The largest absolute Gasteiger partial charge is 0.324 e. The highest BCUT2D eigenvalue weighted by atomic mass is 35.5. The van der Waals surface area contributed by atoms with E-state index in [1.54, 1.807) is 0 Å². The Balaban J connectivity index is 2.04. The fourth-order valence-corrected chi connectivity index (χ4v) is 2.36. The smallest absolute Gasteiger partial charge is 0.227 e. The summed E-state index contributed by atoms with van der Waals surface area (Å²) in [5.41, 5.74) is 0.341. The van der Waals surface area contributed by atoms with Gasteiger partial charge in [-0.1, -0.05) is 11.6 Å². The maximum absolute atomic E-state index is 13.1. The van der Waals surface area contributed by atoms with Gasteiger partial charge in [-0.05, 0) is 44.5 Å². The van der Waals surface area contributed by atoms with E-state index in [-0.39, 0.29) is 11.8 Å². The molecule has 1 heterocycles. The van der Waals surface area contributed by atoms with Crippen LogP contribution in [0.15, 0.2) is 18.2 Å². The molecule has 2 N–H and O–H groups in total. The van der Waals surface area contributed by atoms with E-state index >= 15 is 0 Å². The second-order valence-electron chi connectivity index (χ2n) is 4.69. The minimum absolute atomic E-state index is 0.0411. The lowest BCUT2D eigenvalue weighted by Gasteiger charge is -2.27. The third kappa shape index (κ3) is 3.21. The van der Waals surface area contributed by atoms with Crippen molar-refractivity contribution in [3.8, 4) is 0 Å². The predicted molar refractivity (Wildman–Crippen MR) is 70.2 cm³/mol. The fraction of sp³-hybridized carbons (Fsp3) is 0.462. The lowest BCUT2D eigenvalue weighted by molar-refractivity contribution is -0.120. The van der Waals surface area contributed by atoms with Gasteiger partial charge in [0.15, 0.2) is 0 Å². The molecule has 0 radical (unpaired) electrons. The van der Waals surface area contributed by atoms with Crippen molar-refractivity contribution in [2.24, 2.45) is 5.92 Å². The molecule has 0 aliphatic carbocycles. The maximum atomic E-state index is 13.1. The van der Waals surface area contributed by atoms with Gasteiger partial charge >= 0.3 is 0 Å². The van der Waals surface area contributed by atoms with Gasteiger partial charge in [0.25, 0.3) is 0 Å². The van der Waals surface area contributed by atoms with Crippen LogP contribution < -0.4 is 10.6 Å². The molecule has 1 aromatic rings. The van der Waals surface area contributed by atoms with Crippen LogP contribution in [0.25, 0.3) is 0 Å². The SMILES string of the molecule is CC1CC(C(=O)Nc2cc(F)ccc2Cl)CCN1. The van der Waals surface area contributed by atoms with Gasteiger partial charge in [-0.25, -0.2) is 4.39 Å². The second-order valence-corrected chi connectivity index (χ2v) is 5.10. The van der Waals surface area contributed by atoms with Gasteiger partial charge in [0, 0.05) is 12.0 Å². The Morgan fingerprint density at radius 3 is 3.06 bits per heavy atom. The topological polar surface area (TPSA) is 41.1 Å². The third-order valence-corrected chi connectivity index (χ3v) is 3.51. The number of rotatable bonds is 2. The summed E-state index contributed by atoms with van der Waals surface area (Å²) < 4.78 is 13.1. The van der Waals surface area contributed by atoms with Crippen molar-refractivity contribution in [3.05, 3.63) is 29.0 Å². The number of hydrogen-bond acceptors (Lipinski definition) is 2. The summed E-state index contributed by atoms with van der Waals surface area (Å²) in [4.78, 5) is 12.1. The summed E-state index contributed by atoms with van der Waals surface area (Å²) in [6.07, 6.45) is 1.59. The quantitative estimate of drug-likeness (QED) is 0.868. The molecule has 0 bridgehead atoms. The number of piperidine rings is 1. The minimum Gasteiger partial charge on any atom is -0.324 e. The molecular formula is C13H16ClFN2O. The van der Waals surface area contributed by atoms with Gasteiger partial charge in [0.2, 0.25) is 5.91 Å². The standard InChI is InChI=1S/C13H16ClFN2O/c1-8-6-9(4-5-16-8)13(18)17-12-7-10(15)2-3-11(12)14/h2-3,7-9,16H,4-6H2,1H3,(H,17,18). The zero-order chi connectivity index (χ0) is 13.1. The first-order valence-electron chi connectivity index (χ1n) is 6.05. The van der Waals surface area contributed by atoms with Crippen molar-refractivity contribution in [2.75, 3.05) is 11.9 Å². The Morgan fingerprint density at radius 2 is 2.33 bits per heavy atom. The molecule has 5 heteroatoms. The molecule has 3 nitrogen and oxygen atoms in total. The molecule has 2 rings (SSSR count). The summed E-state index contributed by atoms with van der Waals surface area (Å²) in [5, 5.41) is 6.34. The highest BCUT2D eigenvalue weighted by Crippen LogP contribution is 2.24. The van der Waals surface area contributed by atoms with E-state index in [0.29, 0.717) is 16.8 Å². The van der Waals surface area contributed by atoms with Crippen LogP contribution in [0.3, 0.4) is 0 Å². The Hall–Kier alpha value is -1.13. The first kappa shape index (κ1) is 13.3. The minimum atomic E-state index is -0.409. The monoisotopic (exact) mass is 270 g/mol. The molecule has 1 fully saturated rings. The van der Waals surface area contributed by atoms with Crippen molar-refractivity contribution in [1.82, 2.24) is 5.32 Å². The predicted octanol–water partition coefficient (Wildman–Crippen LogP) is 2.81. The second kappa shape index (κ2) is 5.67. The third-order valence-electron chi connectivity index (χ3n) is 3.18. The Bertz CT molecular complexity index is 453. The van der Waals surface area contributed by atoms with Crippen LogP contribution in [-0.2, 0) is 4.79 Å². The molecule has 1 amide bonds. The molecule has 0 aromatic heterocycles. The highest BCUT2D eigenvalue weighted by molar-refractivity contribution is 6.33. The molecular weight excluding hydrogens is 255 g/mol. The summed E-state index contributed by atoms with van der Waals surface area (Å²) in [6.45, 7) is 2.88. The van der Waals surface area contributed by atoms with Gasteiger partial charge in [0.05, 0.1) is 10.7 Å². The molecule has 18 heavy (non-hydrogen) atoms. The van der Waals surface area contributed by atoms with Gasteiger partial charge < -0.3 is 10.6 Å². The van der Waals surface area contributed by atoms with E-state index in [1.165, 1.54) is 18.2 Å². The molecule has 0 spiro atoms. The Labute approximate surface area is 111 Å². The number of nitrogens with one attached hydrogen (secondary N) is 2. The van der Waals surface area contributed by atoms with E-state index in [9.17, 15) is 9.18 Å². The van der Waals surface area contributed by atoms with Crippen molar-refractivity contribution in [1.29, 1.82) is 0 Å². The fourth-order valence-electron chi connectivity index (χ4n) is 2.20. The summed E-state index contributed by atoms with van der Waals surface area (Å²) >= 11 is 5.91. The zero-order valence-electron chi connectivity index (χ0n) is 10.2. The van der Waals surface area contributed by atoms with Crippen LogP contribution in [0, 0.1) is 11.7 Å². The van der Waals surface area contributed by atoms with Crippen LogP contribution in [-0.4, -0.2) is 18.5 Å². The maximum Gasteiger partial charge on any atom is 0.227 e. The van der Waals surface area contributed by atoms with Gasteiger partial charge in [-0.15, -0.1) is 0 Å². The van der Waals surface area contributed by atoms with Crippen LogP contribution >= 0.6 is 11.6 Å². The van der Waals surface area contributed by atoms with Crippen molar-refractivity contribution in [2.45, 2.75) is 25.8 Å². The lowest BCUT2D eigenvalue weighted by Crippen LogP contribution is -2.40. The van der Waals surface area contributed by atoms with Crippen LogP contribution in [0.4, 0.5) is 10.1 Å². The normalized spacial score (nSPS) is 23.7. The summed E-state index contributed by atoms with van der Waals surface area (Å²) in [5.74, 6) is -0.537. The van der Waals surface area contributed by atoms with Crippen LogP contribution in [0.2, 0.25) is 5.02 Å². The average molecular weight is 271 g/mol. The summed E-state index contributed by atoms with van der Waals surface area (Å²) in [7, 11) is 0. The number of carbonyl (C=O) groups is 1. The van der Waals surface area contributed by atoms with E-state index in [0.717, 1.165) is 19.4 Å². The van der Waals surface area contributed by atoms with Crippen LogP contribution in [0.1, 0.15) is 19.8 Å². The van der Waals surface area contributed by atoms with Crippen molar-refractivity contribution >= 4 is 23.2 Å². The first-order valence-corrected chi connectivity index (χ1v) is 6.43. The number of benzene rings is 1. The summed E-state index contributed by atoms with van der Waals surface area (Å²) in [6, 6.07) is 4.28. The number of halogens is 2. The number of hydrogen-bond donors (Lipinski definition) is 2. The number of amides is 1. The average Bonchev–Trinajstić information content (AvgIpc) is 2.34. The Morgan fingerprint density at radius 1 is 1.56 bits per heavy atom. The molecule has 1 aliphatic heterocycles. The molecule has 1 aliphatic rings. The number of carbonyl (C=O) groups excluding carboxylic acids is 1. The number of anilines is 1. The van der Waals surface area contributed by atoms with E-state index < -0.39 is 5.82 Å². The van der Waals surface area contributed by atoms with E-state index in [4.69, 9.17) is 11.6 Å². The van der Waals surface area contributed by atoms with Crippen LogP contribution in [0.5, 0.6) is 0 Å². The van der Waals surface area contributed by atoms with Gasteiger partial charge in [-0.2, -0.15) is 0 Å². The molecule has 98 valence electrons. The lowest BCUT2D eigenvalue weighted by atomic mass is 9.92. The van der Waals surface area contributed by atoms with Crippen molar-refractivity contribution < 1.29 is 9.18 Å². The highest BCUT2D eigenvalue weighted by Gasteiger charge is 2.25. The van der Waals surface area contributed by atoms with Gasteiger partial charge in [0.1, 0.15) is 5.82 Å². The van der Waals surface area contributed by atoms with Crippen molar-refractivity contribution in [3.63, 3.8) is 0 Å². The Kier molecular flexibility index (Phi) is 4.19. The van der Waals surface area contributed by atoms with E-state index in [1.807, 2.05) is 0 Å². The van der Waals surface area contributed by atoms with E-state index in [2.05, 4.69) is 17.6 Å².